The molecule has 0 heterocycles. The van der Waals surface area contributed by atoms with Crippen LogP contribution in [0.25, 0.3) is 0 Å². The van der Waals surface area contributed by atoms with Gasteiger partial charge in [-0.2, -0.15) is 0 Å². The Morgan fingerprint density at radius 3 is 2.65 bits per heavy atom. The summed E-state index contributed by atoms with van der Waals surface area (Å²) in [5.41, 5.74) is 4.99. The summed E-state index contributed by atoms with van der Waals surface area (Å²) in [4.78, 5) is 22.1. The molecule has 0 unspecified atom stereocenters. The molecule has 0 saturated heterocycles. The number of hydrogen-bond acceptors (Lipinski definition) is 2. The number of nitrogens with one attached hydrogen (secondary N) is 2. The maximum Gasteiger partial charge on any atom is 0.315 e. The molecule has 0 spiro atoms. The predicted molar refractivity (Wildman–Crippen MR) is 66.3 cm³/mol. The van der Waals surface area contributed by atoms with Crippen molar-refractivity contribution in [2.24, 2.45) is 17.6 Å². The van der Waals surface area contributed by atoms with Crippen LogP contribution in [0.15, 0.2) is 0 Å². The Bertz CT molecular complexity index is 281. The van der Waals surface area contributed by atoms with Gasteiger partial charge in [-0.25, -0.2) is 4.79 Å². The Kier molecular flexibility index (Phi) is 5.25. The summed E-state index contributed by atoms with van der Waals surface area (Å²) >= 11 is 0. The topological polar surface area (TPSA) is 84.2 Å². The van der Waals surface area contributed by atoms with Crippen LogP contribution in [0.4, 0.5) is 4.79 Å². The minimum atomic E-state index is -0.398. The van der Waals surface area contributed by atoms with Crippen LogP contribution in [0.5, 0.6) is 0 Å². The summed E-state index contributed by atoms with van der Waals surface area (Å²) in [6, 6.07) is 0.0459. The van der Waals surface area contributed by atoms with Crippen LogP contribution in [-0.2, 0) is 4.79 Å². The monoisotopic (exact) mass is 241 g/mol. The van der Waals surface area contributed by atoms with E-state index in [-0.39, 0.29) is 18.5 Å². The molecule has 17 heavy (non-hydrogen) atoms. The van der Waals surface area contributed by atoms with Crippen molar-refractivity contribution in [2.45, 2.75) is 45.6 Å². The van der Waals surface area contributed by atoms with Crippen LogP contribution in [0.2, 0.25) is 0 Å². The van der Waals surface area contributed by atoms with Crippen LogP contribution in [0.3, 0.4) is 0 Å². The number of rotatable bonds is 4. The molecule has 98 valence electrons. The molecule has 0 aromatic carbocycles. The Hall–Kier alpha value is -1.26. The van der Waals surface area contributed by atoms with Crippen LogP contribution in [0.1, 0.15) is 39.5 Å². The quantitative estimate of drug-likeness (QED) is 0.685. The first-order valence-electron chi connectivity index (χ1n) is 6.33. The zero-order valence-corrected chi connectivity index (χ0v) is 10.7. The van der Waals surface area contributed by atoms with Gasteiger partial charge < -0.3 is 16.4 Å². The van der Waals surface area contributed by atoms with Gasteiger partial charge in [-0.05, 0) is 18.3 Å². The van der Waals surface area contributed by atoms with Gasteiger partial charge in [0.25, 0.3) is 0 Å². The Balaban J connectivity index is 2.27. The van der Waals surface area contributed by atoms with Gasteiger partial charge in [-0.3, -0.25) is 4.79 Å². The minimum Gasteiger partial charge on any atom is -0.370 e. The lowest BCUT2D eigenvalue weighted by molar-refractivity contribution is -0.117. The van der Waals surface area contributed by atoms with Gasteiger partial charge >= 0.3 is 6.03 Å². The lowest BCUT2D eigenvalue weighted by atomic mass is 9.78. The fourth-order valence-electron chi connectivity index (χ4n) is 2.30. The highest BCUT2D eigenvalue weighted by Crippen LogP contribution is 2.29. The number of hydrogen-bond donors (Lipinski definition) is 3. The number of carbonyl (C=O) groups excluding carboxylic acids is 2. The van der Waals surface area contributed by atoms with E-state index in [4.69, 9.17) is 5.73 Å². The molecule has 1 fully saturated rings. The second kappa shape index (κ2) is 6.47. The van der Waals surface area contributed by atoms with E-state index in [0.717, 1.165) is 12.8 Å². The van der Waals surface area contributed by atoms with Crippen molar-refractivity contribution in [3.63, 3.8) is 0 Å². The Morgan fingerprint density at radius 2 is 2.00 bits per heavy atom. The van der Waals surface area contributed by atoms with Crippen molar-refractivity contribution in [2.75, 3.05) is 6.54 Å². The van der Waals surface area contributed by atoms with Crippen molar-refractivity contribution in [3.8, 4) is 0 Å². The van der Waals surface area contributed by atoms with Crippen molar-refractivity contribution < 1.29 is 9.59 Å². The smallest absolute Gasteiger partial charge is 0.315 e. The zero-order valence-electron chi connectivity index (χ0n) is 10.7. The van der Waals surface area contributed by atoms with E-state index in [2.05, 4.69) is 24.5 Å². The first-order chi connectivity index (χ1) is 8.00. The van der Waals surface area contributed by atoms with E-state index in [1.165, 1.54) is 6.42 Å². The van der Waals surface area contributed by atoms with Crippen molar-refractivity contribution in [1.29, 1.82) is 0 Å². The molecule has 1 aliphatic rings. The maximum atomic E-state index is 11.6. The molecule has 1 aliphatic carbocycles. The van der Waals surface area contributed by atoms with E-state index in [9.17, 15) is 9.59 Å². The SMILES string of the molecule is C[C@@H]1[C@H](C)CCC[C@H]1NC(=O)NCCC(N)=O. The van der Waals surface area contributed by atoms with Crippen LogP contribution >= 0.6 is 0 Å². The molecule has 0 bridgehead atoms. The Labute approximate surface area is 103 Å². The molecule has 1 rings (SSSR count). The molecule has 3 amide bonds. The van der Waals surface area contributed by atoms with Gasteiger partial charge in [0.15, 0.2) is 0 Å². The van der Waals surface area contributed by atoms with Crippen molar-refractivity contribution in [3.05, 3.63) is 0 Å². The number of carbonyl (C=O) groups is 2. The van der Waals surface area contributed by atoms with E-state index >= 15 is 0 Å². The molecule has 5 heteroatoms. The Morgan fingerprint density at radius 1 is 1.29 bits per heavy atom. The highest BCUT2D eigenvalue weighted by Gasteiger charge is 2.27. The fourth-order valence-corrected chi connectivity index (χ4v) is 2.30. The molecule has 5 nitrogen and oxygen atoms in total. The van der Waals surface area contributed by atoms with Gasteiger partial charge in [0.2, 0.25) is 5.91 Å². The van der Waals surface area contributed by atoms with Gasteiger partial charge in [0.1, 0.15) is 0 Å². The molecule has 0 aromatic rings. The van der Waals surface area contributed by atoms with Gasteiger partial charge in [0, 0.05) is 19.0 Å². The molecule has 3 atom stereocenters. The van der Waals surface area contributed by atoms with E-state index < -0.39 is 5.91 Å². The standard InChI is InChI=1S/C12H23N3O2/c1-8-4-3-5-10(9(8)2)15-12(17)14-7-6-11(13)16/h8-10H,3-7H2,1-2H3,(H2,13,16)(H2,14,15,17)/t8-,9-,10-/m1/s1. The third-order valence-electron chi connectivity index (χ3n) is 3.68. The average Bonchev–Trinajstić information content (AvgIpc) is 2.24. The zero-order chi connectivity index (χ0) is 12.8. The number of amides is 3. The van der Waals surface area contributed by atoms with E-state index in [0.29, 0.717) is 18.4 Å². The largest absolute Gasteiger partial charge is 0.370 e. The highest BCUT2D eigenvalue weighted by atomic mass is 16.2. The normalized spacial score (nSPS) is 28.5. The number of primary amides is 1. The van der Waals surface area contributed by atoms with Crippen molar-refractivity contribution in [1.82, 2.24) is 10.6 Å². The summed E-state index contributed by atoms with van der Waals surface area (Å²) in [5.74, 6) is 0.760. The molecule has 0 radical (unpaired) electrons. The lowest BCUT2D eigenvalue weighted by Crippen LogP contribution is -2.48. The number of urea groups is 1. The van der Waals surface area contributed by atoms with Crippen LogP contribution < -0.4 is 16.4 Å². The van der Waals surface area contributed by atoms with Gasteiger partial charge in [0.05, 0.1) is 0 Å². The van der Waals surface area contributed by atoms with Crippen molar-refractivity contribution >= 4 is 11.9 Å². The van der Waals surface area contributed by atoms with Gasteiger partial charge in [-0.15, -0.1) is 0 Å². The third kappa shape index (κ3) is 4.63. The summed E-state index contributed by atoms with van der Waals surface area (Å²) in [5, 5.41) is 5.62. The second-order valence-corrected chi connectivity index (χ2v) is 4.99. The third-order valence-corrected chi connectivity index (χ3v) is 3.68. The minimum absolute atomic E-state index is 0.185. The first-order valence-corrected chi connectivity index (χ1v) is 6.33. The summed E-state index contributed by atoms with van der Waals surface area (Å²) in [6.45, 7) is 4.71. The van der Waals surface area contributed by atoms with E-state index in [1.54, 1.807) is 0 Å². The van der Waals surface area contributed by atoms with Crippen LogP contribution in [0, 0.1) is 11.8 Å². The molecule has 1 saturated carbocycles. The summed E-state index contributed by atoms with van der Waals surface area (Å²) < 4.78 is 0. The first kappa shape index (κ1) is 13.8. The maximum absolute atomic E-state index is 11.6. The van der Waals surface area contributed by atoms with Crippen LogP contribution in [-0.4, -0.2) is 24.5 Å². The molecular formula is C12H23N3O2. The summed E-state index contributed by atoms with van der Waals surface area (Å²) in [6.07, 6.45) is 3.62. The molecular weight excluding hydrogens is 218 g/mol. The second-order valence-electron chi connectivity index (χ2n) is 4.99. The summed E-state index contributed by atoms with van der Waals surface area (Å²) in [7, 11) is 0. The van der Waals surface area contributed by atoms with E-state index in [1.807, 2.05) is 0 Å². The lowest BCUT2D eigenvalue weighted by Gasteiger charge is -2.34. The predicted octanol–water partition coefficient (Wildman–Crippen LogP) is 0.986. The number of nitrogens with two attached hydrogens (primary N) is 1. The molecule has 4 N–H and O–H groups in total. The fraction of sp³-hybridized carbons (Fsp3) is 0.833. The molecule has 0 aromatic heterocycles. The van der Waals surface area contributed by atoms with Gasteiger partial charge in [-0.1, -0.05) is 26.7 Å². The molecule has 0 aliphatic heterocycles. The highest BCUT2D eigenvalue weighted by molar-refractivity contribution is 5.77. The average molecular weight is 241 g/mol.